The van der Waals surface area contributed by atoms with Crippen molar-refractivity contribution >= 4 is 29.2 Å². The Hall–Kier alpha value is -3.68. The summed E-state index contributed by atoms with van der Waals surface area (Å²) >= 11 is 5.54. The van der Waals surface area contributed by atoms with Gasteiger partial charge in [-0.3, -0.25) is 19.2 Å². The van der Waals surface area contributed by atoms with Crippen LogP contribution in [0.3, 0.4) is 0 Å². The van der Waals surface area contributed by atoms with E-state index in [-0.39, 0.29) is 40.7 Å². The number of halogens is 5. The third kappa shape index (κ3) is 10.4. The first-order valence-corrected chi connectivity index (χ1v) is 10.2. The van der Waals surface area contributed by atoms with Crippen LogP contribution in [-0.4, -0.2) is 59.9 Å². The zero-order chi connectivity index (χ0) is 26.0. The Bertz CT molecular complexity index is 1130. The Morgan fingerprint density at radius 2 is 1.69 bits per heavy atom. The molecule has 0 aliphatic heterocycles. The monoisotopic (exact) mass is 522 g/mol. The van der Waals surface area contributed by atoms with Gasteiger partial charge in [-0.2, -0.15) is 18.3 Å². The summed E-state index contributed by atoms with van der Waals surface area (Å²) in [6, 6.07) is 4.41. The van der Waals surface area contributed by atoms with Crippen LogP contribution in [0, 0.1) is 5.82 Å². The largest absolute Gasteiger partial charge is 0.484 e. The fourth-order valence-corrected chi connectivity index (χ4v) is 2.50. The lowest BCUT2D eigenvalue weighted by Gasteiger charge is -2.10. The van der Waals surface area contributed by atoms with Crippen LogP contribution in [-0.2, 0) is 20.9 Å². The highest BCUT2D eigenvalue weighted by Crippen LogP contribution is 2.20. The summed E-state index contributed by atoms with van der Waals surface area (Å²) in [5.41, 5.74) is -1.07. The highest BCUT2D eigenvalue weighted by molar-refractivity contribution is 6.30. The Labute approximate surface area is 200 Å². The van der Waals surface area contributed by atoms with Crippen molar-refractivity contribution < 1.29 is 41.4 Å². The van der Waals surface area contributed by atoms with Crippen molar-refractivity contribution in [1.29, 1.82) is 0 Å². The van der Waals surface area contributed by atoms with Crippen LogP contribution in [0.5, 0.6) is 11.5 Å². The van der Waals surface area contributed by atoms with E-state index in [1.807, 2.05) is 0 Å². The van der Waals surface area contributed by atoms with Gasteiger partial charge in [-0.15, -0.1) is 0 Å². The molecule has 0 aliphatic rings. The normalized spacial score (nSPS) is 11.0. The van der Waals surface area contributed by atoms with Gasteiger partial charge in [-0.25, -0.2) is 9.07 Å². The lowest BCUT2D eigenvalue weighted by molar-refractivity contribution is -0.143. The molecule has 0 unspecified atom stereocenters. The maximum atomic E-state index is 13.3. The summed E-state index contributed by atoms with van der Waals surface area (Å²) in [5, 5.41) is 7.89. The number of alkyl halides is 3. The predicted octanol–water partition coefficient (Wildman–Crippen LogP) is 1.25. The highest BCUT2D eigenvalue weighted by atomic mass is 35.5. The maximum Gasteiger partial charge on any atom is 0.408 e. The number of Topliss-reactive ketones (excluding diaryl/α,β-unsaturated/α-hetero) is 1. The van der Waals surface area contributed by atoms with E-state index in [2.05, 4.69) is 15.7 Å². The molecule has 2 rings (SSSR count). The number of ether oxygens (including phenoxy) is 2. The van der Waals surface area contributed by atoms with Crippen LogP contribution in [0.1, 0.15) is 6.42 Å². The molecule has 0 bridgehead atoms. The first-order valence-electron chi connectivity index (χ1n) is 9.82. The smallest absolute Gasteiger partial charge is 0.408 e. The molecule has 15 heteroatoms. The molecule has 1 aromatic heterocycles. The molecule has 0 atom stereocenters. The molecule has 1 aromatic carbocycles. The van der Waals surface area contributed by atoms with Crippen LogP contribution < -0.4 is 25.7 Å². The fraction of sp³-hybridized carbons (Fsp3) is 0.350. The van der Waals surface area contributed by atoms with Crippen molar-refractivity contribution in [3.63, 3.8) is 0 Å². The summed E-state index contributed by atoms with van der Waals surface area (Å²) in [6.45, 7) is -3.01. The van der Waals surface area contributed by atoms with E-state index in [4.69, 9.17) is 21.1 Å². The molecular formula is C20H19ClF4N4O6. The third-order valence-corrected chi connectivity index (χ3v) is 4.32. The maximum absolute atomic E-state index is 13.3. The molecule has 10 nitrogen and oxygen atoms in total. The lowest BCUT2D eigenvalue weighted by Crippen LogP contribution is -2.36. The summed E-state index contributed by atoms with van der Waals surface area (Å²) in [4.78, 5) is 46.8. The predicted molar refractivity (Wildman–Crippen MR) is 113 cm³/mol. The molecule has 0 fully saturated rings. The number of nitrogens with one attached hydrogen (secondary N) is 2. The number of hydrogen-bond donors (Lipinski definition) is 2. The average molecular weight is 523 g/mol. The number of hydrogen-bond acceptors (Lipinski definition) is 7. The fourth-order valence-electron chi connectivity index (χ4n) is 2.38. The van der Waals surface area contributed by atoms with Gasteiger partial charge in [0, 0.05) is 25.1 Å². The number of aromatic nitrogens is 2. The zero-order valence-corrected chi connectivity index (χ0v) is 18.6. The van der Waals surface area contributed by atoms with Gasteiger partial charge in [-0.1, -0.05) is 11.6 Å². The first-order chi connectivity index (χ1) is 16.4. The minimum Gasteiger partial charge on any atom is -0.484 e. The van der Waals surface area contributed by atoms with Crippen molar-refractivity contribution in [2.45, 2.75) is 19.1 Å². The Balaban J connectivity index is 1.62. The molecule has 0 saturated carbocycles. The Morgan fingerprint density at radius 3 is 2.31 bits per heavy atom. The number of nitrogens with zero attached hydrogens (tertiary/aromatic N) is 2. The second-order valence-electron chi connectivity index (χ2n) is 6.87. The lowest BCUT2D eigenvalue weighted by atomic mass is 10.3. The van der Waals surface area contributed by atoms with Gasteiger partial charge < -0.3 is 20.1 Å². The van der Waals surface area contributed by atoms with Crippen molar-refractivity contribution in [3.8, 4) is 11.5 Å². The average Bonchev–Trinajstić information content (AvgIpc) is 2.78. The zero-order valence-electron chi connectivity index (χ0n) is 17.9. The molecule has 35 heavy (non-hydrogen) atoms. The van der Waals surface area contributed by atoms with Gasteiger partial charge in [0.1, 0.15) is 23.9 Å². The van der Waals surface area contributed by atoms with Crippen molar-refractivity contribution in [3.05, 3.63) is 51.7 Å². The standard InChI is InChI=1S/C20H19ClF4N4O6/c21-15-2-1-13(5-16(15)22)34-9-17(31)26-4-3-12(30)7-27-18(32)10-35-14-6-19(33)29(28-8-14)11-20(23,24)25/h1-2,5-6,8H,3-4,7,9-11H2,(H,26,31)(H,27,32). The van der Waals surface area contributed by atoms with E-state index >= 15 is 0 Å². The molecule has 2 aromatic rings. The first kappa shape index (κ1) is 27.6. The van der Waals surface area contributed by atoms with Crippen LogP contribution in [0.25, 0.3) is 0 Å². The molecule has 0 spiro atoms. The number of ketones is 1. The van der Waals surface area contributed by atoms with E-state index in [9.17, 15) is 36.7 Å². The minimum absolute atomic E-state index is 0.0394. The second-order valence-corrected chi connectivity index (χ2v) is 7.28. The molecular weight excluding hydrogens is 504 g/mol. The number of amides is 2. The van der Waals surface area contributed by atoms with Crippen molar-refractivity contribution in [2.24, 2.45) is 0 Å². The molecule has 190 valence electrons. The molecule has 0 radical (unpaired) electrons. The van der Waals surface area contributed by atoms with Crippen LogP contribution in [0.2, 0.25) is 5.02 Å². The van der Waals surface area contributed by atoms with Gasteiger partial charge in [-0.05, 0) is 12.1 Å². The van der Waals surface area contributed by atoms with E-state index in [0.29, 0.717) is 0 Å². The quantitative estimate of drug-likeness (QED) is 0.401. The molecule has 0 aliphatic carbocycles. The molecule has 1 heterocycles. The second kappa shape index (κ2) is 12.7. The third-order valence-electron chi connectivity index (χ3n) is 4.01. The molecule has 2 amide bonds. The highest BCUT2D eigenvalue weighted by Gasteiger charge is 2.29. The summed E-state index contributed by atoms with van der Waals surface area (Å²) in [7, 11) is 0. The summed E-state index contributed by atoms with van der Waals surface area (Å²) in [6.07, 6.45) is -3.88. The van der Waals surface area contributed by atoms with E-state index in [1.165, 1.54) is 12.1 Å². The summed E-state index contributed by atoms with van der Waals surface area (Å²) < 4.78 is 60.5. The molecule has 0 saturated heterocycles. The van der Waals surface area contributed by atoms with Crippen LogP contribution >= 0.6 is 11.6 Å². The van der Waals surface area contributed by atoms with Crippen LogP contribution in [0.4, 0.5) is 17.6 Å². The van der Waals surface area contributed by atoms with Crippen molar-refractivity contribution in [1.82, 2.24) is 20.4 Å². The SMILES string of the molecule is O=C(CCNC(=O)COc1ccc(Cl)c(F)c1)CNC(=O)COc1cnn(CC(F)(F)F)c(=O)c1. The van der Waals surface area contributed by atoms with E-state index in [0.717, 1.165) is 18.3 Å². The Kier molecular flexibility index (Phi) is 9.99. The number of benzene rings is 1. The topological polar surface area (TPSA) is 129 Å². The number of carbonyl (C=O) groups is 3. The van der Waals surface area contributed by atoms with E-state index in [1.54, 1.807) is 0 Å². The van der Waals surface area contributed by atoms with Gasteiger partial charge in [0.15, 0.2) is 19.0 Å². The Morgan fingerprint density at radius 1 is 1.03 bits per heavy atom. The minimum atomic E-state index is -4.62. The van der Waals surface area contributed by atoms with E-state index < -0.39 is 54.9 Å². The van der Waals surface area contributed by atoms with Crippen LogP contribution in [0.15, 0.2) is 35.3 Å². The molecule has 2 N–H and O–H groups in total. The van der Waals surface area contributed by atoms with Gasteiger partial charge >= 0.3 is 6.18 Å². The van der Waals surface area contributed by atoms with Gasteiger partial charge in [0.2, 0.25) is 0 Å². The van der Waals surface area contributed by atoms with Gasteiger partial charge in [0.05, 0.1) is 17.8 Å². The van der Waals surface area contributed by atoms with Crippen molar-refractivity contribution in [2.75, 3.05) is 26.3 Å². The number of rotatable bonds is 12. The summed E-state index contributed by atoms with van der Waals surface area (Å²) in [5.74, 6) is -2.53. The number of carbonyl (C=O) groups excluding carboxylic acids is 3. The van der Waals surface area contributed by atoms with Gasteiger partial charge in [0.25, 0.3) is 17.4 Å².